The molecule has 0 aromatic carbocycles. The molecule has 0 amide bonds. The summed E-state index contributed by atoms with van der Waals surface area (Å²) in [4.78, 5) is 46.1. The van der Waals surface area contributed by atoms with E-state index in [-0.39, 0.29) is 18.4 Å². The number of carbonyl (C=O) groups excluding carboxylic acids is 4. The number of hydrogen-bond donors (Lipinski definition) is 1. The van der Waals surface area contributed by atoms with E-state index in [1.165, 1.54) is 0 Å². The number of ether oxygens (including phenoxy) is 5. The molecular formula is C16H23BrO10. The van der Waals surface area contributed by atoms with E-state index in [9.17, 15) is 24.3 Å². The number of alkyl halides is 1. The number of rotatable bonds is 7. The molecule has 0 bridgehead atoms. The summed E-state index contributed by atoms with van der Waals surface area (Å²) in [6.45, 7) is 4.13. The largest absolute Gasteiger partial charge is 0.463 e. The number of carbonyl (C=O) groups is 4. The van der Waals surface area contributed by atoms with Crippen molar-refractivity contribution in [2.45, 2.75) is 64.3 Å². The Hall–Kier alpha value is -1.72. The highest BCUT2D eigenvalue weighted by Crippen LogP contribution is 2.39. The third-order valence-electron chi connectivity index (χ3n) is 3.73. The van der Waals surface area contributed by atoms with Crippen LogP contribution in [0.1, 0.15) is 34.1 Å². The number of hydrogen-bond acceptors (Lipinski definition) is 10. The van der Waals surface area contributed by atoms with Gasteiger partial charge in [0, 0.05) is 39.4 Å². The molecule has 1 heterocycles. The van der Waals surface area contributed by atoms with Gasteiger partial charge in [0.2, 0.25) is 5.60 Å². The maximum atomic E-state index is 11.7. The lowest BCUT2D eigenvalue weighted by Crippen LogP contribution is -2.70. The van der Waals surface area contributed by atoms with Crippen molar-refractivity contribution < 1.29 is 48.0 Å². The number of aliphatic hydroxyl groups excluding tert-OH is 1. The second-order valence-corrected chi connectivity index (χ2v) is 6.71. The van der Waals surface area contributed by atoms with Gasteiger partial charge in [-0.15, -0.1) is 0 Å². The molecule has 0 radical (unpaired) electrons. The molecule has 0 unspecified atom stereocenters. The summed E-state index contributed by atoms with van der Waals surface area (Å²) in [5.41, 5.74) is -1.84. The van der Waals surface area contributed by atoms with Crippen LogP contribution in [-0.2, 0) is 42.9 Å². The maximum absolute atomic E-state index is 11.7. The predicted molar refractivity (Wildman–Crippen MR) is 91.5 cm³/mol. The molecule has 1 N–H and O–H groups in total. The first-order chi connectivity index (χ1) is 12.5. The van der Waals surface area contributed by atoms with Gasteiger partial charge in [0.05, 0.1) is 0 Å². The van der Waals surface area contributed by atoms with E-state index in [0.717, 1.165) is 27.7 Å². The molecule has 27 heavy (non-hydrogen) atoms. The lowest BCUT2D eigenvalue weighted by molar-refractivity contribution is -0.334. The molecule has 1 saturated heterocycles. The fourth-order valence-electron chi connectivity index (χ4n) is 2.82. The molecule has 10 nitrogen and oxygen atoms in total. The van der Waals surface area contributed by atoms with Crippen molar-refractivity contribution in [3.8, 4) is 0 Å². The lowest BCUT2D eigenvalue weighted by Gasteiger charge is -2.50. The van der Waals surface area contributed by atoms with Gasteiger partial charge in [-0.25, -0.2) is 0 Å². The zero-order chi connectivity index (χ0) is 20.8. The summed E-state index contributed by atoms with van der Waals surface area (Å²) < 4.78 is 26.2. The monoisotopic (exact) mass is 454 g/mol. The van der Waals surface area contributed by atoms with Crippen LogP contribution < -0.4 is 0 Å². The highest BCUT2D eigenvalue weighted by Gasteiger charge is 2.61. The highest BCUT2D eigenvalue weighted by molar-refractivity contribution is 9.09. The van der Waals surface area contributed by atoms with Gasteiger partial charge in [-0.2, -0.15) is 0 Å². The van der Waals surface area contributed by atoms with E-state index in [1.54, 1.807) is 0 Å². The summed E-state index contributed by atoms with van der Waals surface area (Å²) in [6.07, 6.45) is -5.62. The molecule has 0 aromatic rings. The first kappa shape index (κ1) is 23.3. The van der Waals surface area contributed by atoms with Crippen LogP contribution in [0.5, 0.6) is 0 Å². The van der Waals surface area contributed by atoms with Crippen LogP contribution in [0.3, 0.4) is 0 Å². The third kappa shape index (κ3) is 6.15. The van der Waals surface area contributed by atoms with Crippen LogP contribution in [0.4, 0.5) is 0 Å². The molecule has 0 saturated carbocycles. The summed E-state index contributed by atoms with van der Waals surface area (Å²) in [6, 6.07) is 0. The minimum Gasteiger partial charge on any atom is -0.463 e. The Morgan fingerprint density at radius 1 is 1.00 bits per heavy atom. The van der Waals surface area contributed by atoms with E-state index in [1.807, 2.05) is 0 Å². The molecule has 1 rings (SSSR count). The Kier molecular flexibility index (Phi) is 8.63. The zero-order valence-electron chi connectivity index (χ0n) is 15.4. The highest BCUT2D eigenvalue weighted by atomic mass is 79.9. The Labute approximate surface area is 164 Å². The van der Waals surface area contributed by atoms with Gasteiger partial charge in [0.1, 0.15) is 12.7 Å². The number of aliphatic hydroxyl groups is 1. The van der Waals surface area contributed by atoms with E-state index in [4.69, 9.17) is 23.7 Å². The standard InChI is InChI=1S/C16H23BrO10/c1-8(18)23-7-12-13(24-9(2)19)14(25-10(3)20)16(5-6-17,15(22)26-12)27-11(4)21/h12-15,22H,5-7H2,1-4H3/t12-,13-,14+,15+,16+/m1/s1. The van der Waals surface area contributed by atoms with E-state index in [2.05, 4.69) is 15.9 Å². The molecule has 1 aliphatic heterocycles. The fourth-order valence-corrected chi connectivity index (χ4v) is 3.44. The van der Waals surface area contributed by atoms with E-state index < -0.39 is 54.1 Å². The van der Waals surface area contributed by atoms with Crippen molar-refractivity contribution in [3.05, 3.63) is 0 Å². The molecule has 11 heteroatoms. The predicted octanol–water partition coefficient (Wildman–Crippen LogP) is 0.217. The van der Waals surface area contributed by atoms with Crippen LogP contribution in [0.15, 0.2) is 0 Å². The molecular weight excluding hydrogens is 432 g/mol. The summed E-state index contributed by atoms with van der Waals surface area (Å²) in [5.74, 6) is -2.89. The fraction of sp³-hybridized carbons (Fsp3) is 0.750. The van der Waals surface area contributed by atoms with Crippen LogP contribution in [0.2, 0.25) is 0 Å². The van der Waals surface area contributed by atoms with Crippen LogP contribution >= 0.6 is 15.9 Å². The smallest absolute Gasteiger partial charge is 0.303 e. The van der Waals surface area contributed by atoms with Gasteiger partial charge in [-0.3, -0.25) is 19.2 Å². The maximum Gasteiger partial charge on any atom is 0.303 e. The zero-order valence-corrected chi connectivity index (χ0v) is 17.0. The van der Waals surface area contributed by atoms with Crippen molar-refractivity contribution in [2.75, 3.05) is 11.9 Å². The minimum atomic E-state index is -1.84. The average molecular weight is 455 g/mol. The Balaban J connectivity index is 3.40. The Morgan fingerprint density at radius 2 is 1.59 bits per heavy atom. The molecule has 1 fully saturated rings. The van der Waals surface area contributed by atoms with E-state index in [0.29, 0.717) is 0 Å². The van der Waals surface area contributed by atoms with Crippen LogP contribution in [-0.4, -0.2) is 71.1 Å². The van der Waals surface area contributed by atoms with Gasteiger partial charge < -0.3 is 28.8 Å². The molecule has 0 aromatic heterocycles. The first-order valence-corrected chi connectivity index (χ1v) is 9.22. The van der Waals surface area contributed by atoms with Crippen molar-refractivity contribution in [1.29, 1.82) is 0 Å². The Morgan fingerprint density at radius 3 is 2.04 bits per heavy atom. The van der Waals surface area contributed by atoms with Gasteiger partial charge >= 0.3 is 23.9 Å². The van der Waals surface area contributed by atoms with Gasteiger partial charge in [0.25, 0.3) is 0 Å². The second-order valence-electron chi connectivity index (χ2n) is 5.92. The molecule has 0 spiro atoms. The van der Waals surface area contributed by atoms with Crippen molar-refractivity contribution >= 4 is 39.8 Å². The summed E-state index contributed by atoms with van der Waals surface area (Å²) in [5, 5.41) is 10.8. The third-order valence-corrected chi connectivity index (χ3v) is 4.13. The molecule has 0 aliphatic carbocycles. The normalized spacial score (nSPS) is 30.1. The molecule has 1 aliphatic rings. The Bertz CT molecular complexity index is 580. The SMILES string of the molecule is CC(=O)OC[C@H]1O[C@H](O)[C@@](CCBr)(OC(C)=O)[C@@H](OC(C)=O)[C@@H]1OC(C)=O. The molecule has 5 atom stereocenters. The van der Waals surface area contributed by atoms with Gasteiger partial charge in [-0.1, -0.05) is 15.9 Å². The number of halogens is 1. The van der Waals surface area contributed by atoms with Crippen LogP contribution in [0, 0.1) is 0 Å². The lowest BCUT2D eigenvalue weighted by atomic mass is 9.83. The van der Waals surface area contributed by atoms with Gasteiger partial charge in [0.15, 0.2) is 18.5 Å². The first-order valence-electron chi connectivity index (χ1n) is 8.10. The second kappa shape index (κ2) is 10.00. The van der Waals surface area contributed by atoms with Crippen LogP contribution in [0.25, 0.3) is 0 Å². The topological polar surface area (TPSA) is 135 Å². The number of esters is 4. The van der Waals surface area contributed by atoms with E-state index >= 15 is 0 Å². The van der Waals surface area contributed by atoms with Gasteiger partial charge in [-0.05, 0) is 0 Å². The summed E-state index contributed by atoms with van der Waals surface area (Å²) in [7, 11) is 0. The average Bonchev–Trinajstić information content (AvgIpc) is 2.51. The minimum absolute atomic E-state index is 0.0241. The van der Waals surface area contributed by atoms with Crippen molar-refractivity contribution in [1.82, 2.24) is 0 Å². The molecule has 154 valence electrons. The van der Waals surface area contributed by atoms with Crippen molar-refractivity contribution in [3.63, 3.8) is 0 Å². The quantitative estimate of drug-likeness (QED) is 0.323. The summed E-state index contributed by atoms with van der Waals surface area (Å²) >= 11 is 3.19. The van der Waals surface area contributed by atoms with Crippen molar-refractivity contribution in [2.24, 2.45) is 0 Å².